The third-order valence-corrected chi connectivity index (χ3v) is 6.17. The second kappa shape index (κ2) is 9.80. The lowest BCUT2D eigenvalue weighted by molar-refractivity contribution is -0.00533. The van der Waals surface area contributed by atoms with Crippen molar-refractivity contribution in [2.24, 2.45) is 0 Å². The van der Waals surface area contributed by atoms with E-state index in [1.54, 1.807) is 7.11 Å². The molecule has 1 aliphatic heterocycles. The van der Waals surface area contributed by atoms with Gasteiger partial charge in [0, 0.05) is 26.1 Å². The summed E-state index contributed by atoms with van der Waals surface area (Å²) in [6.45, 7) is 0.997. The normalized spacial score (nSPS) is 16.3. The van der Waals surface area contributed by atoms with Crippen molar-refractivity contribution in [2.45, 2.75) is 37.5 Å². The van der Waals surface area contributed by atoms with Crippen molar-refractivity contribution in [1.82, 2.24) is 4.90 Å². The van der Waals surface area contributed by atoms with Gasteiger partial charge >= 0.3 is 6.09 Å². The number of hydrogen-bond donors (Lipinski definition) is 0. The van der Waals surface area contributed by atoms with Crippen LogP contribution in [0.25, 0.3) is 0 Å². The number of nitrogens with zero attached hydrogens (tertiary/aromatic N) is 1. The van der Waals surface area contributed by atoms with E-state index in [4.69, 9.17) is 9.47 Å². The van der Waals surface area contributed by atoms with Crippen LogP contribution < -0.4 is 0 Å². The summed E-state index contributed by atoms with van der Waals surface area (Å²) >= 11 is 0. The van der Waals surface area contributed by atoms with Gasteiger partial charge in [0.15, 0.2) is 0 Å². The van der Waals surface area contributed by atoms with E-state index in [2.05, 4.69) is 24.3 Å². The van der Waals surface area contributed by atoms with Gasteiger partial charge in [0.2, 0.25) is 0 Å². The van der Waals surface area contributed by atoms with Crippen molar-refractivity contribution in [2.75, 3.05) is 13.7 Å². The predicted molar refractivity (Wildman–Crippen MR) is 122 cm³/mol. The van der Waals surface area contributed by atoms with Crippen LogP contribution in [-0.2, 0) is 21.7 Å². The zero-order valence-electron chi connectivity index (χ0n) is 17.9. The molecule has 0 spiro atoms. The highest BCUT2D eigenvalue weighted by Gasteiger charge is 2.41. The van der Waals surface area contributed by atoms with Crippen LogP contribution in [0.1, 0.15) is 36.0 Å². The van der Waals surface area contributed by atoms with Gasteiger partial charge in [-0.15, -0.1) is 0 Å². The van der Waals surface area contributed by atoms with E-state index in [9.17, 15) is 4.79 Å². The summed E-state index contributed by atoms with van der Waals surface area (Å²) < 4.78 is 11.9. The van der Waals surface area contributed by atoms with Crippen LogP contribution in [0.15, 0.2) is 91.0 Å². The number of rotatable bonds is 7. The molecule has 1 amide bonds. The summed E-state index contributed by atoms with van der Waals surface area (Å²) in [7, 11) is 1.76. The van der Waals surface area contributed by atoms with E-state index in [0.717, 1.165) is 29.5 Å². The number of carbonyl (C=O) groups is 1. The summed E-state index contributed by atoms with van der Waals surface area (Å²) in [5.74, 6) is 0. The maximum atomic E-state index is 12.9. The molecule has 31 heavy (non-hydrogen) atoms. The largest absolute Gasteiger partial charge is 0.445 e. The summed E-state index contributed by atoms with van der Waals surface area (Å²) in [4.78, 5) is 14.8. The molecule has 1 fully saturated rings. The van der Waals surface area contributed by atoms with Crippen LogP contribution in [0, 0.1) is 0 Å². The second-order valence-corrected chi connectivity index (χ2v) is 8.00. The van der Waals surface area contributed by atoms with Crippen LogP contribution in [0.3, 0.4) is 0 Å². The minimum Gasteiger partial charge on any atom is -0.445 e. The molecule has 160 valence electrons. The summed E-state index contributed by atoms with van der Waals surface area (Å²) in [6.07, 6.45) is 2.33. The Morgan fingerprint density at radius 1 is 0.903 bits per heavy atom. The number of ether oxygens (including phenoxy) is 2. The lowest BCUT2D eigenvalue weighted by atomic mass is 9.80. The molecule has 1 saturated heterocycles. The molecule has 0 N–H and O–H groups in total. The molecule has 4 nitrogen and oxygen atoms in total. The van der Waals surface area contributed by atoms with Gasteiger partial charge in [0.1, 0.15) is 12.2 Å². The molecular weight excluding hydrogens is 386 g/mol. The average molecular weight is 416 g/mol. The van der Waals surface area contributed by atoms with E-state index < -0.39 is 5.60 Å². The van der Waals surface area contributed by atoms with Gasteiger partial charge < -0.3 is 14.4 Å². The number of carbonyl (C=O) groups excluding carboxylic acids is 1. The zero-order chi connectivity index (χ0) is 21.5. The highest BCUT2D eigenvalue weighted by molar-refractivity contribution is 5.68. The molecule has 4 rings (SSSR count). The monoisotopic (exact) mass is 415 g/mol. The van der Waals surface area contributed by atoms with Crippen molar-refractivity contribution in [3.8, 4) is 0 Å². The molecule has 1 atom stereocenters. The first-order chi connectivity index (χ1) is 15.2. The third-order valence-electron chi connectivity index (χ3n) is 6.17. The number of benzene rings is 3. The van der Waals surface area contributed by atoms with Crippen molar-refractivity contribution in [3.05, 3.63) is 108 Å². The van der Waals surface area contributed by atoms with E-state index in [0.29, 0.717) is 13.0 Å². The number of amides is 1. The molecule has 0 unspecified atom stereocenters. The molecule has 0 aromatic heterocycles. The second-order valence-electron chi connectivity index (χ2n) is 8.00. The first kappa shape index (κ1) is 21.1. The van der Waals surface area contributed by atoms with Crippen LogP contribution in [0.4, 0.5) is 4.79 Å². The van der Waals surface area contributed by atoms with Crippen LogP contribution >= 0.6 is 0 Å². The van der Waals surface area contributed by atoms with Gasteiger partial charge in [-0.05, 0) is 29.5 Å². The Hall–Kier alpha value is -3.11. The topological polar surface area (TPSA) is 38.8 Å². The van der Waals surface area contributed by atoms with E-state index >= 15 is 0 Å². The maximum Gasteiger partial charge on any atom is 0.410 e. The first-order valence-electron chi connectivity index (χ1n) is 10.9. The molecule has 3 aromatic carbocycles. The Labute approximate surface area is 184 Å². The van der Waals surface area contributed by atoms with Gasteiger partial charge in [-0.25, -0.2) is 4.79 Å². The Balaban J connectivity index is 1.56. The van der Waals surface area contributed by atoms with E-state index in [1.165, 1.54) is 0 Å². The number of likely N-dealkylation sites (tertiary alicyclic amines) is 1. The highest BCUT2D eigenvalue weighted by Crippen LogP contribution is 2.40. The number of methoxy groups -OCH3 is 1. The van der Waals surface area contributed by atoms with Crippen molar-refractivity contribution in [3.63, 3.8) is 0 Å². The molecule has 0 bridgehead atoms. The van der Waals surface area contributed by atoms with Crippen LogP contribution in [-0.4, -0.2) is 30.7 Å². The van der Waals surface area contributed by atoms with E-state index in [-0.39, 0.29) is 18.7 Å². The molecule has 0 saturated carbocycles. The van der Waals surface area contributed by atoms with Gasteiger partial charge in [-0.3, -0.25) is 0 Å². The van der Waals surface area contributed by atoms with Crippen molar-refractivity contribution >= 4 is 6.09 Å². The fourth-order valence-electron chi connectivity index (χ4n) is 4.56. The summed E-state index contributed by atoms with van der Waals surface area (Å²) in [5, 5.41) is 0. The zero-order valence-corrected chi connectivity index (χ0v) is 17.9. The van der Waals surface area contributed by atoms with Gasteiger partial charge in [-0.2, -0.15) is 0 Å². The smallest absolute Gasteiger partial charge is 0.410 e. The lowest BCUT2D eigenvalue weighted by Crippen LogP contribution is -2.42. The average Bonchev–Trinajstić information content (AvgIpc) is 3.31. The van der Waals surface area contributed by atoms with Crippen LogP contribution in [0.5, 0.6) is 0 Å². The Kier molecular flexibility index (Phi) is 6.68. The minimum absolute atomic E-state index is 0.0450. The fourth-order valence-corrected chi connectivity index (χ4v) is 4.56. The SMILES string of the molecule is COC(C[C@@H]1CCCN1C(=O)OCc1ccccc1)(c1ccccc1)c1ccccc1. The molecule has 4 heteroatoms. The first-order valence-corrected chi connectivity index (χ1v) is 10.9. The van der Waals surface area contributed by atoms with Gasteiger partial charge in [-0.1, -0.05) is 91.0 Å². The molecule has 0 aliphatic carbocycles. The quantitative estimate of drug-likeness (QED) is 0.492. The Morgan fingerprint density at radius 3 is 2.00 bits per heavy atom. The van der Waals surface area contributed by atoms with E-state index in [1.807, 2.05) is 71.6 Å². The highest BCUT2D eigenvalue weighted by atomic mass is 16.6. The van der Waals surface area contributed by atoms with Crippen molar-refractivity contribution in [1.29, 1.82) is 0 Å². The molecular formula is C27H29NO3. The van der Waals surface area contributed by atoms with Gasteiger partial charge in [0.25, 0.3) is 0 Å². The minimum atomic E-state index is -0.629. The third kappa shape index (κ3) is 4.64. The molecule has 0 radical (unpaired) electrons. The molecule has 1 heterocycles. The Morgan fingerprint density at radius 2 is 1.45 bits per heavy atom. The maximum absolute atomic E-state index is 12.9. The fraction of sp³-hybridized carbons (Fsp3) is 0.296. The lowest BCUT2D eigenvalue weighted by Gasteiger charge is -2.38. The van der Waals surface area contributed by atoms with Crippen molar-refractivity contribution < 1.29 is 14.3 Å². The number of hydrogen-bond acceptors (Lipinski definition) is 3. The molecule has 1 aliphatic rings. The summed E-state index contributed by atoms with van der Waals surface area (Å²) in [5.41, 5.74) is 2.54. The standard InChI is InChI=1S/C27H29NO3/c1-30-27(23-14-7-3-8-15-23,24-16-9-4-10-17-24)20-25-18-11-19-28(25)26(29)31-21-22-12-5-2-6-13-22/h2-10,12-17,25H,11,18-21H2,1H3/t25-/m0/s1. The molecule has 3 aromatic rings. The van der Waals surface area contributed by atoms with Crippen LogP contribution in [0.2, 0.25) is 0 Å². The summed E-state index contributed by atoms with van der Waals surface area (Å²) in [6, 6.07) is 30.4. The Bertz CT molecular complexity index is 920. The van der Waals surface area contributed by atoms with Gasteiger partial charge in [0.05, 0.1) is 0 Å². The predicted octanol–water partition coefficient (Wildman–Crippen LogP) is 5.77.